The normalized spacial score (nSPS) is 13.1. The van der Waals surface area contributed by atoms with Gasteiger partial charge in [-0.1, -0.05) is 20.8 Å². The summed E-state index contributed by atoms with van der Waals surface area (Å²) in [5.74, 6) is 2.50. The average molecular weight is 358 g/mol. The smallest absolute Gasteiger partial charge is 0.231 e. The van der Waals surface area contributed by atoms with Crippen molar-refractivity contribution in [2.75, 3.05) is 13.3 Å². The van der Waals surface area contributed by atoms with Crippen LogP contribution in [0.4, 0.5) is 0 Å². The fourth-order valence-electron chi connectivity index (χ4n) is 2.81. The largest absolute Gasteiger partial charge is 0.454 e. The van der Waals surface area contributed by atoms with Gasteiger partial charge < -0.3 is 19.2 Å². The SMILES string of the molecule is Cc1oc(-c2ccc3c(c2)OCO3)nc1CC(=O)NCCCC(C)(C)C. The van der Waals surface area contributed by atoms with Crippen LogP contribution < -0.4 is 14.8 Å². The minimum atomic E-state index is -0.0347. The maximum absolute atomic E-state index is 12.2. The van der Waals surface area contributed by atoms with E-state index in [-0.39, 0.29) is 24.5 Å². The van der Waals surface area contributed by atoms with Gasteiger partial charge in [0.15, 0.2) is 11.5 Å². The molecule has 26 heavy (non-hydrogen) atoms. The number of oxazole rings is 1. The fraction of sp³-hybridized carbons (Fsp3) is 0.500. The molecule has 1 N–H and O–H groups in total. The van der Waals surface area contributed by atoms with E-state index in [0.717, 1.165) is 18.4 Å². The summed E-state index contributed by atoms with van der Waals surface area (Å²) in [7, 11) is 0. The Labute approximate surface area is 153 Å². The molecular weight excluding hydrogens is 332 g/mol. The topological polar surface area (TPSA) is 73.6 Å². The number of amides is 1. The molecular formula is C20H26N2O4. The summed E-state index contributed by atoms with van der Waals surface area (Å²) < 4.78 is 16.4. The lowest BCUT2D eigenvalue weighted by Crippen LogP contribution is -2.27. The van der Waals surface area contributed by atoms with E-state index >= 15 is 0 Å². The van der Waals surface area contributed by atoms with E-state index in [9.17, 15) is 4.79 Å². The molecule has 2 heterocycles. The van der Waals surface area contributed by atoms with E-state index in [1.54, 1.807) is 0 Å². The third-order valence-corrected chi connectivity index (χ3v) is 4.27. The highest BCUT2D eigenvalue weighted by Crippen LogP contribution is 2.36. The van der Waals surface area contributed by atoms with Crippen molar-refractivity contribution in [3.63, 3.8) is 0 Å². The van der Waals surface area contributed by atoms with E-state index in [2.05, 4.69) is 31.1 Å². The zero-order valence-corrected chi connectivity index (χ0v) is 15.8. The third kappa shape index (κ3) is 4.56. The Morgan fingerprint density at radius 1 is 1.23 bits per heavy atom. The maximum Gasteiger partial charge on any atom is 0.231 e. The van der Waals surface area contributed by atoms with Gasteiger partial charge in [0.05, 0.1) is 12.1 Å². The number of carbonyl (C=O) groups excluding carboxylic acids is 1. The monoisotopic (exact) mass is 358 g/mol. The van der Waals surface area contributed by atoms with Crippen LogP contribution in [0.15, 0.2) is 22.6 Å². The number of hydrogen-bond acceptors (Lipinski definition) is 5. The van der Waals surface area contributed by atoms with Crippen LogP contribution in [0, 0.1) is 12.3 Å². The molecule has 0 atom stereocenters. The molecule has 0 fully saturated rings. The lowest BCUT2D eigenvalue weighted by Gasteiger charge is -2.17. The van der Waals surface area contributed by atoms with Gasteiger partial charge in [-0.05, 0) is 43.4 Å². The number of nitrogens with one attached hydrogen (secondary N) is 1. The molecule has 0 bridgehead atoms. The molecule has 1 amide bonds. The summed E-state index contributed by atoms with van der Waals surface area (Å²) in [4.78, 5) is 16.6. The van der Waals surface area contributed by atoms with E-state index in [4.69, 9.17) is 13.9 Å². The number of benzene rings is 1. The quantitative estimate of drug-likeness (QED) is 0.794. The first kappa shape index (κ1) is 18.3. The molecule has 2 aromatic rings. The molecule has 0 saturated carbocycles. The summed E-state index contributed by atoms with van der Waals surface area (Å²) in [6.07, 6.45) is 2.26. The third-order valence-electron chi connectivity index (χ3n) is 4.27. The van der Waals surface area contributed by atoms with Crippen LogP contribution in [0.5, 0.6) is 11.5 Å². The van der Waals surface area contributed by atoms with Gasteiger partial charge in [-0.3, -0.25) is 4.79 Å². The Kier molecular flexibility index (Phi) is 5.20. The summed E-state index contributed by atoms with van der Waals surface area (Å²) >= 11 is 0. The van der Waals surface area contributed by atoms with Crippen molar-refractivity contribution in [1.29, 1.82) is 0 Å². The van der Waals surface area contributed by atoms with Crippen LogP contribution in [0.2, 0.25) is 0 Å². The molecule has 6 heteroatoms. The Hall–Kier alpha value is -2.50. The minimum absolute atomic E-state index is 0.0347. The van der Waals surface area contributed by atoms with Crippen molar-refractivity contribution in [2.45, 2.75) is 47.0 Å². The number of aromatic nitrogens is 1. The number of nitrogens with zero attached hydrogens (tertiary/aromatic N) is 1. The Balaban J connectivity index is 1.59. The fourth-order valence-corrected chi connectivity index (χ4v) is 2.81. The Morgan fingerprint density at radius 2 is 2.00 bits per heavy atom. The number of carbonyl (C=O) groups is 1. The van der Waals surface area contributed by atoms with Crippen LogP contribution in [0.3, 0.4) is 0 Å². The van der Waals surface area contributed by atoms with Gasteiger partial charge in [0.1, 0.15) is 5.76 Å². The molecule has 3 rings (SSSR count). The lowest BCUT2D eigenvalue weighted by molar-refractivity contribution is -0.120. The number of ether oxygens (including phenoxy) is 2. The van der Waals surface area contributed by atoms with Gasteiger partial charge >= 0.3 is 0 Å². The van der Waals surface area contributed by atoms with Crippen molar-refractivity contribution >= 4 is 5.91 Å². The highest BCUT2D eigenvalue weighted by Gasteiger charge is 2.18. The number of hydrogen-bond donors (Lipinski definition) is 1. The Bertz CT molecular complexity index is 790. The molecule has 6 nitrogen and oxygen atoms in total. The van der Waals surface area contributed by atoms with Crippen LogP contribution in [-0.2, 0) is 11.2 Å². The first-order chi connectivity index (χ1) is 12.3. The second-order valence-corrected chi connectivity index (χ2v) is 7.78. The van der Waals surface area contributed by atoms with E-state index in [0.29, 0.717) is 35.4 Å². The molecule has 1 aliphatic rings. The zero-order valence-electron chi connectivity index (χ0n) is 15.8. The van der Waals surface area contributed by atoms with Crippen LogP contribution >= 0.6 is 0 Å². The summed E-state index contributed by atoms with van der Waals surface area (Å²) in [6, 6.07) is 5.54. The highest BCUT2D eigenvalue weighted by atomic mass is 16.7. The molecule has 0 aliphatic carbocycles. The summed E-state index contributed by atoms with van der Waals surface area (Å²) in [5, 5.41) is 2.96. The van der Waals surface area contributed by atoms with Crippen LogP contribution in [0.25, 0.3) is 11.5 Å². The van der Waals surface area contributed by atoms with Crippen LogP contribution in [-0.4, -0.2) is 24.2 Å². The molecule has 140 valence electrons. The van der Waals surface area contributed by atoms with E-state index in [1.807, 2.05) is 25.1 Å². The lowest BCUT2D eigenvalue weighted by atomic mass is 9.91. The van der Waals surface area contributed by atoms with Crippen molar-refractivity contribution in [3.05, 3.63) is 29.7 Å². The molecule has 0 unspecified atom stereocenters. The number of aryl methyl sites for hydroxylation is 1. The molecule has 1 aromatic carbocycles. The van der Waals surface area contributed by atoms with Gasteiger partial charge in [0, 0.05) is 12.1 Å². The van der Waals surface area contributed by atoms with E-state index in [1.165, 1.54) is 0 Å². The van der Waals surface area contributed by atoms with Gasteiger partial charge in [0.25, 0.3) is 0 Å². The summed E-state index contributed by atoms with van der Waals surface area (Å²) in [5.41, 5.74) is 1.74. The predicted molar refractivity (Wildman–Crippen MR) is 98.2 cm³/mol. The zero-order chi connectivity index (χ0) is 18.7. The summed E-state index contributed by atoms with van der Waals surface area (Å²) in [6.45, 7) is 9.33. The van der Waals surface area contributed by atoms with Gasteiger partial charge in [0.2, 0.25) is 18.6 Å². The average Bonchev–Trinajstić information content (AvgIpc) is 3.17. The first-order valence-corrected chi connectivity index (χ1v) is 8.95. The molecule has 0 spiro atoms. The molecule has 0 radical (unpaired) electrons. The minimum Gasteiger partial charge on any atom is -0.454 e. The van der Waals surface area contributed by atoms with E-state index < -0.39 is 0 Å². The second kappa shape index (κ2) is 7.40. The van der Waals surface area contributed by atoms with Crippen molar-refractivity contribution in [3.8, 4) is 23.0 Å². The van der Waals surface area contributed by atoms with Crippen LogP contribution in [0.1, 0.15) is 45.1 Å². The standard InChI is InChI=1S/C20H26N2O4/c1-13-15(11-18(23)21-9-5-8-20(2,3)4)22-19(26-13)14-6-7-16-17(10-14)25-12-24-16/h6-7,10H,5,8-9,11-12H2,1-4H3,(H,21,23). The predicted octanol–water partition coefficient (Wildman–Crippen LogP) is 3.86. The van der Waals surface area contributed by atoms with Gasteiger partial charge in [-0.25, -0.2) is 4.98 Å². The molecule has 1 aromatic heterocycles. The van der Waals surface area contributed by atoms with Crippen molar-refractivity contribution < 1.29 is 18.7 Å². The Morgan fingerprint density at radius 3 is 2.77 bits per heavy atom. The second-order valence-electron chi connectivity index (χ2n) is 7.78. The molecule has 1 aliphatic heterocycles. The van der Waals surface area contributed by atoms with Gasteiger partial charge in [-0.15, -0.1) is 0 Å². The van der Waals surface area contributed by atoms with Gasteiger partial charge in [-0.2, -0.15) is 0 Å². The highest BCUT2D eigenvalue weighted by molar-refractivity contribution is 5.78. The van der Waals surface area contributed by atoms with Crippen molar-refractivity contribution in [1.82, 2.24) is 10.3 Å². The maximum atomic E-state index is 12.2. The first-order valence-electron chi connectivity index (χ1n) is 8.95. The van der Waals surface area contributed by atoms with Crippen molar-refractivity contribution in [2.24, 2.45) is 5.41 Å². The number of fused-ring (bicyclic) bond motifs is 1. The number of rotatable bonds is 6. The molecule has 0 saturated heterocycles.